The van der Waals surface area contributed by atoms with E-state index in [1.54, 1.807) is 0 Å². The van der Waals surface area contributed by atoms with Crippen LogP contribution in [0.15, 0.2) is 77.9 Å². The first kappa shape index (κ1) is 26.0. The predicted molar refractivity (Wildman–Crippen MR) is 131 cm³/mol. The molecular formula is C25H17F4N5O4. The highest BCUT2D eigenvalue weighted by molar-refractivity contribution is 6.04. The smallest absolute Gasteiger partial charge is 0.322 e. The summed E-state index contributed by atoms with van der Waals surface area (Å²) < 4.78 is 52.8. The molecule has 0 fully saturated rings. The summed E-state index contributed by atoms with van der Waals surface area (Å²) in [6, 6.07) is 13.2. The molecule has 0 radical (unpaired) electrons. The summed E-state index contributed by atoms with van der Waals surface area (Å²) in [4.78, 5) is 53.1. The Labute approximate surface area is 211 Å². The SMILES string of the molecule is O=C(Cn1cnc2ccc(NC(=O)Nc3cccc(C(=O)C(F)(F)F)c3)cc2c1=O)Nc1ccccc1F. The second-order valence-corrected chi connectivity index (χ2v) is 7.92. The van der Waals surface area contributed by atoms with Gasteiger partial charge in [-0.2, -0.15) is 13.2 Å². The molecule has 4 rings (SSSR count). The number of nitrogens with one attached hydrogen (secondary N) is 3. The van der Waals surface area contributed by atoms with Gasteiger partial charge in [-0.15, -0.1) is 0 Å². The van der Waals surface area contributed by atoms with E-state index in [1.807, 2.05) is 0 Å². The topological polar surface area (TPSA) is 122 Å². The van der Waals surface area contributed by atoms with E-state index in [-0.39, 0.29) is 28.0 Å². The normalized spacial score (nSPS) is 11.2. The minimum absolute atomic E-state index is 0.0508. The van der Waals surface area contributed by atoms with Gasteiger partial charge in [0.05, 0.1) is 22.9 Å². The third-order valence-electron chi connectivity index (χ3n) is 5.18. The first-order chi connectivity index (χ1) is 18.0. The minimum Gasteiger partial charge on any atom is -0.322 e. The number of halogens is 4. The van der Waals surface area contributed by atoms with Crippen molar-refractivity contribution in [2.24, 2.45) is 0 Å². The molecule has 1 heterocycles. The lowest BCUT2D eigenvalue weighted by Gasteiger charge is -2.11. The molecule has 194 valence electrons. The molecule has 0 saturated heterocycles. The zero-order valence-corrected chi connectivity index (χ0v) is 19.2. The fourth-order valence-electron chi connectivity index (χ4n) is 3.45. The van der Waals surface area contributed by atoms with Crippen molar-refractivity contribution in [1.29, 1.82) is 0 Å². The molecule has 0 spiro atoms. The highest BCUT2D eigenvalue weighted by Gasteiger charge is 2.39. The molecule has 0 aliphatic rings. The number of aromatic nitrogens is 2. The Morgan fingerprint density at radius 2 is 1.58 bits per heavy atom. The number of fused-ring (bicyclic) bond motifs is 1. The van der Waals surface area contributed by atoms with Crippen LogP contribution in [0.1, 0.15) is 10.4 Å². The number of para-hydroxylation sites is 1. The lowest BCUT2D eigenvalue weighted by atomic mass is 10.1. The second-order valence-electron chi connectivity index (χ2n) is 7.92. The van der Waals surface area contributed by atoms with Crippen molar-refractivity contribution in [2.75, 3.05) is 16.0 Å². The van der Waals surface area contributed by atoms with Crippen LogP contribution in [-0.4, -0.2) is 33.4 Å². The molecule has 3 amide bonds. The Morgan fingerprint density at radius 1 is 0.868 bits per heavy atom. The number of nitrogens with zero attached hydrogens (tertiary/aromatic N) is 2. The molecule has 0 saturated carbocycles. The number of hydrogen-bond donors (Lipinski definition) is 3. The average Bonchev–Trinajstić information content (AvgIpc) is 2.86. The van der Waals surface area contributed by atoms with Gasteiger partial charge in [0.1, 0.15) is 12.4 Å². The molecule has 9 nitrogen and oxygen atoms in total. The summed E-state index contributed by atoms with van der Waals surface area (Å²) in [5.74, 6) is -3.36. The minimum atomic E-state index is -5.06. The Bertz CT molecular complexity index is 1620. The Balaban J connectivity index is 1.48. The van der Waals surface area contributed by atoms with Crippen LogP contribution in [0, 0.1) is 5.82 Å². The van der Waals surface area contributed by atoms with E-state index in [0.29, 0.717) is 0 Å². The number of Topliss-reactive ketones (excluding diaryl/α,β-unsaturated/α-hetero) is 1. The number of anilines is 3. The fraction of sp³-hybridized carbons (Fsp3) is 0.0800. The van der Waals surface area contributed by atoms with Crippen LogP contribution in [0.4, 0.5) is 39.4 Å². The standard InChI is InChI=1S/C25H17F4N5O4/c26-18-6-1-2-7-20(18)33-21(35)12-34-13-30-19-9-8-16(11-17(19)23(34)37)32-24(38)31-15-5-3-4-14(10-15)22(36)25(27,28)29/h1-11,13H,12H2,(H,33,35)(H2,31,32,38). The van der Waals surface area contributed by atoms with Gasteiger partial charge in [0.25, 0.3) is 11.3 Å². The van der Waals surface area contributed by atoms with Crippen molar-refractivity contribution in [3.63, 3.8) is 0 Å². The monoisotopic (exact) mass is 527 g/mol. The molecule has 4 aromatic rings. The highest BCUT2D eigenvalue weighted by Crippen LogP contribution is 2.23. The van der Waals surface area contributed by atoms with Crippen molar-refractivity contribution in [1.82, 2.24) is 9.55 Å². The predicted octanol–water partition coefficient (Wildman–Crippen LogP) is 4.56. The Hall–Kier alpha value is -5.07. The summed E-state index contributed by atoms with van der Waals surface area (Å²) in [7, 11) is 0. The van der Waals surface area contributed by atoms with Gasteiger partial charge in [0.2, 0.25) is 5.91 Å². The number of ketones is 1. The van der Waals surface area contributed by atoms with Gasteiger partial charge in [0, 0.05) is 16.9 Å². The summed E-state index contributed by atoms with van der Waals surface area (Å²) >= 11 is 0. The van der Waals surface area contributed by atoms with E-state index in [4.69, 9.17) is 0 Å². The van der Waals surface area contributed by atoms with Crippen LogP contribution in [0.2, 0.25) is 0 Å². The summed E-state index contributed by atoms with van der Waals surface area (Å²) in [5.41, 5.74) is -0.962. The second kappa shape index (κ2) is 10.5. The Morgan fingerprint density at radius 3 is 2.29 bits per heavy atom. The van der Waals surface area contributed by atoms with E-state index in [2.05, 4.69) is 20.9 Å². The van der Waals surface area contributed by atoms with Crippen LogP contribution < -0.4 is 21.5 Å². The first-order valence-corrected chi connectivity index (χ1v) is 10.8. The molecule has 0 unspecified atom stereocenters. The van der Waals surface area contributed by atoms with Gasteiger partial charge >= 0.3 is 12.2 Å². The van der Waals surface area contributed by atoms with Crippen LogP contribution in [0.25, 0.3) is 10.9 Å². The molecule has 0 atom stereocenters. The number of urea groups is 1. The summed E-state index contributed by atoms with van der Waals surface area (Å²) in [6.45, 7) is -0.457. The van der Waals surface area contributed by atoms with Gasteiger partial charge < -0.3 is 16.0 Å². The fourth-order valence-corrected chi connectivity index (χ4v) is 3.45. The number of rotatable bonds is 6. The van der Waals surface area contributed by atoms with E-state index in [1.165, 1.54) is 54.6 Å². The van der Waals surface area contributed by atoms with Crippen LogP contribution >= 0.6 is 0 Å². The van der Waals surface area contributed by atoms with E-state index >= 15 is 0 Å². The zero-order chi connectivity index (χ0) is 27.4. The molecule has 0 bridgehead atoms. The van der Waals surface area contributed by atoms with Crippen molar-refractivity contribution < 1.29 is 31.9 Å². The van der Waals surface area contributed by atoms with Gasteiger partial charge in [0.15, 0.2) is 0 Å². The van der Waals surface area contributed by atoms with Gasteiger partial charge in [-0.05, 0) is 42.5 Å². The van der Waals surface area contributed by atoms with Crippen molar-refractivity contribution in [3.8, 4) is 0 Å². The molecule has 3 N–H and O–H groups in total. The maximum absolute atomic E-state index is 13.8. The molecule has 13 heteroatoms. The average molecular weight is 527 g/mol. The number of benzene rings is 3. The largest absolute Gasteiger partial charge is 0.454 e. The Kier molecular flexibility index (Phi) is 7.19. The summed E-state index contributed by atoms with van der Waals surface area (Å²) in [6.07, 6.45) is -3.91. The third-order valence-corrected chi connectivity index (χ3v) is 5.18. The van der Waals surface area contributed by atoms with E-state index in [0.717, 1.165) is 23.0 Å². The number of carbonyl (C=O) groups is 3. The number of alkyl halides is 3. The van der Waals surface area contributed by atoms with E-state index < -0.39 is 47.4 Å². The van der Waals surface area contributed by atoms with Gasteiger partial charge in [-0.25, -0.2) is 14.2 Å². The number of hydrogen-bond acceptors (Lipinski definition) is 5. The van der Waals surface area contributed by atoms with Crippen molar-refractivity contribution >= 4 is 45.7 Å². The first-order valence-electron chi connectivity index (χ1n) is 10.8. The number of carbonyl (C=O) groups excluding carboxylic acids is 3. The molecular weight excluding hydrogens is 510 g/mol. The van der Waals surface area contributed by atoms with Gasteiger partial charge in [-0.3, -0.25) is 19.0 Å². The lowest BCUT2D eigenvalue weighted by molar-refractivity contribution is -0.116. The lowest BCUT2D eigenvalue weighted by Crippen LogP contribution is -2.28. The molecule has 3 aromatic carbocycles. The number of amides is 3. The zero-order valence-electron chi connectivity index (χ0n) is 19.2. The van der Waals surface area contributed by atoms with Crippen LogP contribution in [0.3, 0.4) is 0 Å². The molecule has 1 aromatic heterocycles. The van der Waals surface area contributed by atoms with E-state index in [9.17, 15) is 36.7 Å². The maximum atomic E-state index is 13.8. The third kappa shape index (κ3) is 6.00. The maximum Gasteiger partial charge on any atom is 0.454 e. The molecule has 38 heavy (non-hydrogen) atoms. The molecule has 0 aliphatic carbocycles. The van der Waals surface area contributed by atoms with Crippen LogP contribution in [-0.2, 0) is 11.3 Å². The summed E-state index contributed by atoms with van der Waals surface area (Å²) in [5, 5.41) is 7.17. The molecule has 0 aliphatic heterocycles. The highest BCUT2D eigenvalue weighted by atomic mass is 19.4. The van der Waals surface area contributed by atoms with Gasteiger partial charge in [-0.1, -0.05) is 24.3 Å². The van der Waals surface area contributed by atoms with Crippen molar-refractivity contribution in [2.45, 2.75) is 12.7 Å². The van der Waals surface area contributed by atoms with Crippen molar-refractivity contribution in [3.05, 3.63) is 94.8 Å². The van der Waals surface area contributed by atoms with Crippen LogP contribution in [0.5, 0.6) is 0 Å². The quantitative estimate of drug-likeness (QED) is 0.251.